The van der Waals surface area contributed by atoms with E-state index in [9.17, 15) is 4.79 Å². The molecule has 2 aromatic rings. The number of rotatable bonds is 4. The van der Waals surface area contributed by atoms with Gasteiger partial charge in [0.05, 0.1) is 0 Å². The fourth-order valence-corrected chi connectivity index (χ4v) is 2.12. The highest BCUT2D eigenvalue weighted by Gasteiger charge is 2.17. The van der Waals surface area contributed by atoms with Crippen LogP contribution in [0.2, 0.25) is 0 Å². The molecule has 0 aliphatic carbocycles. The summed E-state index contributed by atoms with van der Waals surface area (Å²) in [6.45, 7) is 5.00. The molecule has 0 heterocycles. The van der Waals surface area contributed by atoms with E-state index in [-0.39, 0.29) is 5.91 Å². The van der Waals surface area contributed by atoms with E-state index in [2.05, 4.69) is 0 Å². The zero-order valence-corrected chi connectivity index (χ0v) is 12.0. The monoisotopic (exact) mass is 268 g/mol. The van der Waals surface area contributed by atoms with Gasteiger partial charge in [0.2, 0.25) is 0 Å². The smallest absolute Gasteiger partial charge is 0.258 e. The Morgan fingerprint density at radius 2 is 1.75 bits per heavy atom. The fourth-order valence-electron chi connectivity index (χ4n) is 2.12. The van der Waals surface area contributed by atoms with Crippen LogP contribution >= 0.6 is 0 Å². The molecule has 0 unspecified atom stereocenters. The summed E-state index contributed by atoms with van der Waals surface area (Å²) in [4.78, 5) is 14.4. The minimum atomic E-state index is -0.00949. The molecule has 0 saturated heterocycles. The summed E-state index contributed by atoms with van der Waals surface area (Å²) in [5.41, 5.74) is 9.53. The largest absolute Gasteiger partial charge is 0.329 e. The van der Waals surface area contributed by atoms with E-state index in [1.165, 1.54) is 5.56 Å². The van der Waals surface area contributed by atoms with Crippen LogP contribution in [0.5, 0.6) is 0 Å². The maximum atomic E-state index is 12.7. The van der Waals surface area contributed by atoms with Crippen molar-refractivity contribution in [1.29, 1.82) is 0 Å². The molecular weight excluding hydrogens is 248 g/mol. The zero-order valence-electron chi connectivity index (χ0n) is 12.0. The molecule has 2 aromatic carbocycles. The van der Waals surface area contributed by atoms with Crippen molar-refractivity contribution in [2.75, 3.05) is 18.0 Å². The Kier molecular flexibility index (Phi) is 4.53. The molecule has 0 aliphatic rings. The summed E-state index contributed by atoms with van der Waals surface area (Å²) < 4.78 is 0. The molecule has 0 radical (unpaired) electrons. The van der Waals surface area contributed by atoms with Crippen LogP contribution < -0.4 is 10.6 Å². The average molecular weight is 268 g/mol. The van der Waals surface area contributed by atoms with E-state index in [1.807, 2.05) is 62.4 Å². The van der Waals surface area contributed by atoms with Gasteiger partial charge in [0.15, 0.2) is 0 Å². The van der Waals surface area contributed by atoms with Crippen molar-refractivity contribution in [2.45, 2.75) is 13.8 Å². The maximum Gasteiger partial charge on any atom is 0.258 e. The van der Waals surface area contributed by atoms with Crippen LogP contribution in [0.25, 0.3) is 0 Å². The Labute approximate surface area is 120 Å². The van der Waals surface area contributed by atoms with Crippen LogP contribution in [0.1, 0.15) is 21.5 Å². The average Bonchev–Trinajstić information content (AvgIpc) is 2.48. The third-order valence-electron chi connectivity index (χ3n) is 3.42. The Morgan fingerprint density at radius 1 is 1.05 bits per heavy atom. The van der Waals surface area contributed by atoms with E-state index < -0.39 is 0 Å². The van der Waals surface area contributed by atoms with Crippen LogP contribution in [0.15, 0.2) is 48.5 Å². The van der Waals surface area contributed by atoms with Crippen LogP contribution in [-0.2, 0) is 0 Å². The van der Waals surface area contributed by atoms with Crippen LogP contribution in [0.4, 0.5) is 5.69 Å². The maximum absolute atomic E-state index is 12.7. The van der Waals surface area contributed by atoms with Gasteiger partial charge in [-0.25, -0.2) is 0 Å². The Balaban J connectivity index is 2.34. The van der Waals surface area contributed by atoms with Crippen LogP contribution in [0.3, 0.4) is 0 Å². The first-order chi connectivity index (χ1) is 9.63. The van der Waals surface area contributed by atoms with E-state index in [0.29, 0.717) is 18.7 Å². The normalized spacial score (nSPS) is 10.3. The SMILES string of the molecule is Cc1ccc(C(=O)N(CCN)c2ccccc2)cc1C. The summed E-state index contributed by atoms with van der Waals surface area (Å²) in [6, 6.07) is 15.4. The van der Waals surface area contributed by atoms with E-state index >= 15 is 0 Å². The number of anilines is 1. The summed E-state index contributed by atoms with van der Waals surface area (Å²) in [5.74, 6) is -0.00949. The lowest BCUT2D eigenvalue weighted by Gasteiger charge is -2.22. The van der Waals surface area contributed by atoms with Gasteiger partial charge < -0.3 is 10.6 Å². The molecule has 2 N–H and O–H groups in total. The first-order valence-corrected chi connectivity index (χ1v) is 6.77. The number of hydrogen-bond donors (Lipinski definition) is 1. The lowest BCUT2D eigenvalue weighted by Crippen LogP contribution is -2.35. The fraction of sp³-hybridized carbons (Fsp3) is 0.235. The number of nitrogens with two attached hydrogens (primary N) is 1. The summed E-state index contributed by atoms with van der Waals surface area (Å²) in [7, 11) is 0. The van der Waals surface area contributed by atoms with Gasteiger partial charge in [-0.05, 0) is 49.2 Å². The lowest BCUT2D eigenvalue weighted by atomic mass is 10.1. The standard InChI is InChI=1S/C17H20N2O/c1-13-8-9-15(12-14(13)2)17(20)19(11-10-18)16-6-4-3-5-7-16/h3-9,12H,10-11,18H2,1-2H3. The van der Waals surface area contributed by atoms with E-state index in [4.69, 9.17) is 5.73 Å². The molecule has 0 aliphatic heterocycles. The number of carbonyl (C=O) groups excluding carboxylic acids is 1. The topological polar surface area (TPSA) is 46.3 Å². The van der Waals surface area contributed by atoms with Gasteiger partial charge in [-0.1, -0.05) is 24.3 Å². The molecule has 0 aromatic heterocycles. The Morgan fingerprint density at radius 3 is 2.35 bits per heavy atom. The van der Waals surface area contributed by atoms with Gasteiger partial charge in [-0.15, -0.1) is 0 Å². The van der Waals surface area contributed by atoms with Gasteiger partial charge in [0.1, 0.15) is 0 Å². The van der Waals surface area contributed by atoms with Crippen molar-refractivity contribution in [1.82, 2.24) is 0 Å². The molecule has 104 valence electrons. The van der Waals surface area contributed by atoms with Crippen molar-refractivity contribution >= 4 is 11.6 Å². The first-order valence-electron chi connectivity index (χ1n) is 6.77. The number of para-hydroxylation sites is 1. The molecule has 0 fully saturated rings. The Hall–Kier alpha value is -2.13. The van der Waals surface area contributed by atoms with Gasteiger partial charge in [-0.3, -0.25) is 4.79 Å². The van der Waals surface area contributed by atoms with E-state index in [0.717, 1.165) is 11.3 Å². The molecular formula is C17H20N2O. The predicted octanol–water partition coefficient (Wildman–Crippen LogP) is 2.91. The zero-order chi connectivity index (χ0) is 14.5. The van der Waals surface area contributed by atoms with Gasteiger partial charge in [-0.2, -0.15) is 0 Å². The number of aryl methyl sites for hydroxylation is 2. The number of amides is 1. The molecule has 0 spiro atoms. The molecule has 3 heteroatoms. The minimum Gasteiger partial charge on any atom is -0.329 e. The molecule has 0 atom stereocenters. The van der Waals surface area contributed by atoms with Crippen LogP contribution in [-0.4, -0.2) is 19.0 Å². The third kappa shape index (κ3) is 3.06. The number of hydrogen-bond acceptors (Lipinski definition) is 2. The third-order valence-corrected chi connectivity index (χ3v) is 3.42. The number of carbonyl (C=O) groups is 1. The molecule has 0 saturated carbocycles. The van der Waals surface area contributed by atoms with E-state index in [1.54, 1.807) is 4.90 Å². The lowest BCUT2D eigenvalue weighted by molar-refractivity contribution is 0.0987. The quantitative estimate of drug-likeness (QED) is 0.926. The van der Waals surface area contributed by atoms with Crippen molar-refractivity contribution in [3.05, 3.63) is 65.2 Å². The highest BCUT2D eigenvalue weighted by Crippen LogP contribution is 2.18. The molecule has 3 nitrogen and oxygen atoms in total. The van der Waals surface area contributed by atoms with Crippen molar-refractivity contribution in [3.63, 3.8) is 0 Å². The minimum absolute atomic E-state index is 0.00949. The predicted molar refractivity (Wildman–Crippen MR) is 83.1 cm³/mol. The second-order valence-corrected chi connectivity index (χ2v) is 4.88. The highest BCUT2D eigenvalue weighted by molar-refractivity contribution is 6.06. The Bertz CT molecular complexity index is 593. The molecule has 0 bridgehead atoms. The second kappa shape index (κ2) is 6.35. The van der Waals surface area contributed by atoms with Crippen molar-refractivity contribution < 1.29 is 4.79 Å². The first kappa shape index (κ1) is 14.3. The van der Waals surface area contributed by atoms with Gasteiger partial charge >= 0.3 is 0 Å². The summed E-state index contributed by atoms with van der Waals surface area (Å²) in [6.07, 6.45) is 0. The van der Waals surface area contributed by atoms with Gasteiger partial charge in [0, 0.05) is 24.3 Å². The molecule has 2 rings (SSSR count). The van der Waals surface area contributed by atoms with Crippen molar-refractivity contribution in [3.8, 4) is 0 Å². The van der Waals surface area contributed by atoms with Crippen LogP contribution in [0, 0.1) is 13.8 Å². The van der Waals surface area contributed by atoms with Crippen molar-refractivity contribution in [2.24, 2.45) is 5.73 Å². The summed E-state index contributed by atoms with van der Waals surface area (Å²) in [5, 5.41) is 0. The molecule has 20 heavy (non-hydrogen) atoms. The number of benzene rings is 2. The summed E-state index contributed by atoms with van der Waals surface area (Å²) >= 11 is 0. The highest BCUT2D eigenvalue weighted by atomic mass is 16.2. The number of nitrogens with zero attached hydrogens (tertiary/aromatic N) is 1. The second-order valence-electron chi connectivity index (χ2n) is 4.88. The molecule has 1 amide bonds. The van der Waals surface area contributed by atoms with Gasteiger partial charge in [0.25, 0.3) is 5.91 Å².